The summed E-state index contributed by atoms with van der Waals surface area (Å²) in [6.45, 7) is 4.99. The van der Waals surface area contributed by atoms with Gasteiger partial charge in [-0.15, -0.1) is 11.3 Å². The Kier molecular flexibility index (Phi) is 5.36. The molecule has 112 valence electrons. The summed E-state index contributed by atoms with van der Waals surface area (Å²) in [5.74, 6) is -0.155. The standard InChI is InChI=1S/C16H20N2O2S/c1-11-6-9-21-15(11)10-18-14-5-3-4-13(12(14)2)16(20)17-7-8-19/h3-6,9,18-19H,7-8,10H2,1-2H3,(H,17,20). The van der Waals surface area contributed by atoms with E-state index in [-0.39, 0.29) is 19.1 Å². The van der Waals surface area contributed by atoms with E-state index >= 15 is 0 Å². The van der Waals surface area contributed by atoms with Gasteiger partial charge >= 0.3 is 0 Å². The van der Waals surface area contributed by atoms with E-state index in [2.05, 4.69) is 29.0 Å². The van der Waals surface area contributed by atoms with E-state index in [1.807, 2.05) is 19.1 Å². The molecule has 0 aliphatic heterocycles. The van der Waals surface area contributed by atoms with Crippen LogP contribution < -0.4 is 10.6 Å². The van der Waals surface area contributed by atoms with E-state index < -0.39 is 0 Å². The van der Waals surface area contributed by atoms with E-state index in [9.17, 15) is 4.79 Å². The molecular weight excluding hydrogens is 284 g/mol. The number of aliphatic hydroxyl groups excluding tert-OH is 1. The molecule has 2 rings (SSSR count). The first-order chi connectivity index (χ1) is 10.1. The highest BCUT2D eigenvalue weighted by atomic mass is 32.1. The van der Waals surface area contributed by atoms with Gasteiger partial charge in [-0.1, -0.05) is 6.07 Å². The van der Waals surface area contributed by atoms with Crippen LogP contribution in [0.3, 0.4) is 0 Å². The number of carbonyl (C=O) groups excluding carboxylic acids is 1. The number of thiophene rings is 1. The maximum Gasteiger partial charge on any atom is 0.251 e. The summed E-state index contributed by atoms with van der Waals surface area (Å²) in [5.41, 5.74) is 3.79. The fraction of sp³-hybridized carbons (Fsp3) is 0.312. The van der Waals surface area contributed by atoms with Gasteiger partial charge in [0.15, 0.2) is 0 Å². The Labute approximate surface area is 128 Å². The van der Waals surface area contributed by atoms with Gasteiger partial charge in [0.25, 0.3) is 5.91 Å². The lowest BCUT2D eigenvalue weighted by Gasteiger charge is -2.13. The van der Waals surface area contributed by atoms with Crippen LogP contribution in [0.5, 0.6) is 0 Å². The number of rotatable bonds is 6. The lowest BCUT2D eigenvalue weighted by Crippen LogP contribution is -2.27. The molecule has 5 heteroatoms. The van der Waals surface area contributed by atoms with E-state index in [0.717, 1.165) is 17.8 Å². The van der Waals surface area contributed by atoms with Crippen molar-refractivity contribution in [3.8, 4) is 0 Å². The Morgan fingerprint density at radius 3 is 2.76 bits per heavy atom. The lowest BCUT2D eigenvalue weighted by atomic mass is 10.1. The van der Waals surface area contributed by atoms with Crippen LogP contribution in [0.2, 0.25) is 0 Å². The van der Waals surface area contributed by atoms with Gasteiger partial charge in [0.05, 0.1) is 6.61 Å². The second-order valence-corrected chi connectivity index (χ2v) is 5.84. The third kappa shape index (κ3) is 3.83. The molecule has 0 spiro atoms. The molecule has 21 heavy (non-hydrogen) atoms. The molecule has 0 saturated carbocycles. The Hall–Kier alpha value is -1.85. The summed E-state index contributed by atoms with van der Waals surface area (Å²) in [4.78, 5) is 13.3. The molecule has 1 aromatic heterocycles. The zero-order chi connectivity index (χ0) is 15.2. The molecule has 0 bridgehead atoms. The second-order valence-electron chi connectivity index (χ2n) is 4.84. The molecule has 0 aliphatic carbocycles. The Balaban J connectivity index is 2.10. The summed E-state index contributed by atoms with van der Waals surface area (Å²) in [7, 11) is 0. The first-order valence-electron chi connectivity index (χ1n) is 6.89. The zero-order valence-corrected chi connectivity index (χ0v) is 13.1. The number of aliphatic hydroxyl groups is 1. The highest BCUT2D eigenvalue weighted by Crippen LogP contribution is 2.22. The molecule has 1 amide bonds. The molecule has 0 fully saturated rings. The van der Waals surface area contributed by atoms with Crippen molar-refractivity contribution in [2.24, 2.45) is 0 Å². The number of anilines is 1. The average Bonchev–Trinajstić information content (AvgIpc) is 2.89. The van der Waals surface area contributed by atoms with Gasteiger partial charge in [-0.3, -0.25) is 4.79 Å². The minimum Gasteiger partial charge on any atom is -0.395 e. The first-order valence-corrected chi connectivity index (χ1v) is 7.77. The Bertz CT molecular complexity index is 622. The number of carbonyl (C=O) groups is 1. The first kappa shape index (κ1) is 15.5. The number of aryl methyl sites for hydroxylation is 1. The molecule has 0 aliphatic rings. The number of amides is 1. The van der Waals surface area contributed by atoms with Crippen LogP contribution in [0.4, 0.5) is 5.69 Å². The molecule has 1 heterocycles. The minimum atomic E-state index is -0.155. The third-order valence-electron chi connectivity index (χ3n) is 3.38. The zero-order valence-electron chi connectivity index (χ0n) is 12.3. The van der Waals surface area contributed by atoms with Gasteiger partial charge in [0.1, 0.15) is 0 Å². The molecule has 0 saturated heterocycles. The van der Waals surface area contributed by atoms with Crippen molar-refractivity contribution in [2.75, 3.05) is 18.5 Å². The summed E-state index contributed by atoms with van der Waals surface area (Å²) in [5, 5.41) is 16.9. The predicted octanol–water partition coefficient (Wildman–Crippen LogP) is 2.70. The lowest BCUT2D eigenvalue weighted by molar-refractivity contribution is 0.0944. The SMILES string of the molecule is Cc1ccsc1CNc1cccc(C(=O)NCCO)c1C. The fourth-order valence-corrected chi connectivity index (χ4v) is 2.94. The maximum absolute atomic E-state index is 12.0. The quantitative estimate of drug-likeness (QED) is 0.769. The van der Waals surface area contributed by atoms with E-state index in [1.165, 1.54) is 10.4 Å². The van der Waals surface area contributed by atoms with E-state index in [0.29, 0.717) is 5.56 Å². The van der Waals surface area contributed by atoms with Crippen LogP contribution in [-0.4, -0.2) is 24.2 Å². The Morgan fingerprint density at radius 2 is 2.10 bits per heavy atom. The molecule has 4 nitrogen and oxygen atoms in total. The summed E-state index contributed by atoms with van der Waals surface area (Å²) in [6.07, 6.45) is 0. The van der Waals surface area contributed by atoms with Crippen molar-refractivity contribution < 1.29 is 9.90 Å². The molecule has 0 unspecified atom stereocenters. The van der Waals surface area contributed by atoms with Crippen molar-refractivity contribution in [3.63, 3.8) is 0 Å². The topological polar surface area (TPSA) is 61.4 Å². The van der Waals surface area contributed by atoms with E-state index in [1.54, 1.807) is 17.4 Å². The Morgan fingerprint density at radius 1 is 1.29 bits per heavy atom. The predicted molar refractivity (Wildman–Crippen MR) is 87.0 cm³/mol. The number of benzene rings is 1. The number of hydrogen-bond acceptors (Lipinski definition) is 4. The van der Waals surface area contributed by atoms with Crippen LogP contribution in [0, 0.1) is 13.8 Å². The van der Waals surface area contributed by atoms with Crippen LogP contribution in [0.1, 0.15) is 26.4 Å². The molecule has 0 radical (unpaired) electrons. The highest BCUT2D eigenvalue weighted by Gasteiger charge is 2.11. The van der Waals surface area contributed by atoms with Gasteiger partial charge in [-0.2, -0.15) is 0 Å². The van der Waals surface area contributed by atoms with Crippen molar-refractivity contribution in [1.82, 2.24) is 5.32 Å². The van der Waals surface area contributed by atoms with Gasteiger partial charge in [-0.25, -0.2) is 0 Å². The molecule has 2 aromatic rings. The van der Waals surface area contributed by atoms with Crippen LogP contribution >= 0.6 is 11.3 Å². The normalized spacial score (nSPS) is 10.4. The fourth-order valence-electron chi connectivity index (χ4n) is 2.10. The second kappa shape index (κ2) is 7.24. The van der Waals surface area contributed by atoms with Crippen molar-refractivity contribution in [3.05, 3.63) is 51.2 Å². The number of nitrogens with one attached hydrogen (secondary N) is 2. The van der Waals surface area contributed by atoms with Gasteiger partial charge < -0.3 is 15.7 Å². The van der Waals surface area contributed by atoms with Crippen LogP contribution in [0.15, 0.2) is 29.6 Å². The summed E-state index contributed by atoms with van der Waals surface area (Å²) < 4.78 is 0. The van der Waals surface area contributed by atoms with Crippen LogP contribution in [0.25, 0.3) is 0 Å². The van der Waals surface area contributed by atoms with Gasteiger partial charge in [-0.05, 0) is 48.6 Å². The average molecular weight is 304 g/mol. The largest absolute Gasteiger partial charge is 0.395 e. The molecule has 3 N–H and O–H groups in total. The van der Waals surface area contributed by atoms with E-state index in [4.69, 9.17) is 5.11 Å². The molecular formula is C16H20N2O2S. The van der Waals surface area contributed by atoms with Crippen LogP contribution in [-0.2, 0) is 6.54 Å². The summed E-state index contributed by atoms with van der Waals surface area (Å²) >= 11 is 1.73. The van der Waals surface area contributed by atoms with Gasteiger partial charge in [0, 0.05) is 29.2 Å². The molecule has 0 atom stereocenters. The number of hydrogen-bond donors (Lipinski definition) is 3. The third-order valence-corrected chi connectivity index (χ3v) is 4.41. The molecule has 1 aromatic carbocycles. The summed E-state index contributed by atoms with van der Waals surface area (Å²) in [6, 6.07) is 7.74. The minimum absolute atomic E-state index is 0.0552. The van der Waals surface area contributed by atoms with Gasteiger partial charge in [0.2, 0.25) is 0 Å². The van der Waals surface area contributed by atoms with Crippen molar-refractivity contribution in [2.45, 2.75) is 20.4 Å². The highest BCUT2D eigenvalue weighted by molar-refractivity contribution is 7.10. The van der Waals surface area contributed by atoms with Crippen molar-refractivity contribution >= 4 is 22.9 Å². The maximum atomic E-state index is 12.0. The smallest absolute Gasteiger partial charge is 0.251 e. The monoisotopic (exact) mass is 304 g/mol. The van der Waals surface area contributed by atoms with Crippen molar-refractivity contribution in [1.29, 1.82) is 0 Å².